The van der Waals surface area contributed by atoms with E-state index in [1.165, 1.54) is 11.2 Å². The zero-order valence-electron chi connectivity index (χ0n) is 14.1. The maximum Gasteiger partial charge on any atom is 0.416 e. The number of halogens is 1. The normalized spacial score (nSPS) is 11.5. The van der Waals surface area contributed by atoms with Gasteiger partial charge in [0.1, 0.15) is 11.1 Å². The van der Waals surface area contributed by atoms with Crippen LogP contribution in [0.4, 0.5) is 10.6 Å². The third kappa shape index (κ3) is 4.06. The fourth-order valence-corrected chi connectivity index (χ4v) is 2.39. The van der Waals surface area contributed by atoms with Crippen molar-refractivity contribution in [2.24, 2.45) is 0 Å². The highest BCUT2D eigenvalue weighted by Crippen LogP contribution is 2.28. The zero-order chi connectivity index (χ0) is 18.0. The first kappa shape index (κ1) is 17.2. The Morgan fingerprint density at radius 1 is 1.24 bits per heavy atom. The highest BCUT2D eigenvalue weighted by atomic mass is 35.5. The second-order valence-corrected chi connectivity index (χ2v) is 6.71. The SMILES string of the molecule is CC(C)(C)OC(=O)N(Cc1ccncc1)c1nc(Cl)nc2ccoc12. The quantitative estimate of drug-likeness (QED) is 0.650. The van der Waals surface area contributed by atoms with E-state index < -0.39 is 11.7 Å². The van der Waals surface area contributed by atoms with Gasteiger partial charge in [0.2, 0.25) is 5.28 Å². The lowest BCUT2D eigenvalue weighted by molar-refractivity contribution is 0.0576. The van der Waals surface area contributed by atoms with Crippen molar-refractivity contribution in [1.29, 1.82) is 0 Å². The molecule has 0 radical (unpaired) electrons. The minimum Gasteiger partial charge on any atom is -0.459 e. The number of pyridine rings is 1. The summed E-state index contributed by atoms with van der Waals surface area (Å²) in [7, 11) is 0. The third-order valence-electron chi connectivity index (χ3n) is 3.22. The molecule has 1 amide bonds. The summed E-state index contributed by atoms with van der Waals surface area (Å²) in [6, 6.07) is 5.27. The topological polar surface area (TPSA) is 81.4 Å². The van der Waals surface area contributed by atoms with Crippen LogP contribution in [-0.2, 0) is 11.3 Å². The van der Waals surface area contributed by atoms with Crippen LogP contribution >= 0.6 is 11.6 Å². The smallest absolute Gasteiger partial charge is 0.416 e. The van der Waals surface area contributed by atoms with Gasteiger partial charge in [-0.25, -0.2) is 9.78 Å². The molecule has 0 aliphatic heterocycles. The van der Waals surface area contributed by atoms with Gasteiger partial charge >= 0.3 is 6.09 Å². The van der Waals surface area contributed by atoms with Gasteiger partial charge in [0.15, 0.2) is 11.4 Å². The van der Waals surface area contributed by atoms with Crippen molar-refractivity contribution in [2.45, 2.75) is 32.9 Å². The van der Waals surface area contributed by atoms with Crippen molar-refractivity contribution in [3.05, 3.63) is 47.7 Å². The first-order chi connectivity index (χ1) is 11.8. The van der Waals surface area contributed by atoms with Crippen LogP contribution in [0.25, 0.3) is 11.1 Å². The lowest BCUT2D eigenvalue weighted by Crippen LogP contribution is -2.37. The molecule has 0 saturated heterocycles. The summed E-state index contributed by atoms with van der Waals surface area (Å²) >= 11 is 6.01. The van der Waals surface area contributed by atoms with Gasteiger partial charge in [-0.1, -0.05) is 0 Å². The summed E-state index contributed by atoms with van der Waals surface area (Å²) in [5, 5.41) is 0.0205. The summed E-state index contributed by atoms with van der Waals surface area (Å²) < 4.78 is 11.0. The van der Waals surface area contributed by atoms with E-state index in [1.54, 1.807) is 51.4 Å². The minimum atomic E-state index is -0.660. The third-order valence-corrected chi connectivity index (χ3v) is 3.39. The Morgan fingerprint density at radius 2 is 1.96 bits per heavy atom. The van der Waals surface area contributed by atoms with E-state index in [0.717, 1.165) is 5.56 Å². The molecular formula is C17H17ClN4O3. The molecule has 0 atom stereocenters. The molecule has 3 rings (SSSR count). The van der Waals surface area contributed by atoms with E-state index in [9.17, 15) is 4.79 Å². The van der Waals surface area contributed by atoms with Crippen LogP contribution in [0.5, 0.6) is 0 Å². The van der Waals surface area contributed by atoms with Crippen molar-refractivity contribution in [2.75, 3.05) is 4.90 Å². The Morgan fingerprint density at radius 3 is 2.64 bits per heavy atom. The molecule has 0 N–H and O–H groups in total. The van der Waals surface area contributed by atoms with E-state index in [4.69, 9.17) is 20.8 Å². The Kier molecular flexibility index (Phi) is 4.59. The number of fused-ring (bicyclic) bond motifs is 1. The Balaban J connectivity index is 2.06. The molecule has 3 aromatic heterocycles. The van der Waals surface area contributed by atoms with E-state index >= 15 is 0 Å². The molecule has 25 heavy (non-hydrogen) atoms. The number of aromatic nitrogens is 3. The van der Waals surface area contributed by atoms with Gasteiger partial charge < -0.3 is 9.15 Å². The molecule has 0 aliphatic rings. The summed E-state index contributed by atoms with van der Waals surface area (Å²) in [4.78, 5) is 26.4. The van der Waals surface area contributed by atoms with Gasteiger partial charge in [0, 0.05) is 18.5 Å². The van der Waals surface area contributed by atoms with E-state index in [-0.39, 0.29) is 17.6 Å². The summed E-state index contributed by atoms with van der Waals surface area (Å²) in [5.74, 6) is 0.256. The van der Waals surface area contributed by atoms with Crippen LogP contribution in [0.1, 0.15) is 26.3 Å². The summed E-state index contributed by atoms with van der Waals surface area (Å²) in [6.45, 7) is 5.61. The lowest BCUT2D eigenvalue weighted by atomic mass is 10.2. The van der Waals surface area contributed by atoms with Crippen LogP contribution in [-0.4, -0.2) is 26.6 Å². The molecule has 0 aromatic carbocycles. The molecule has 0 unspecified atom stereocenters. The van der Waals surface area contributed by atoms with Gasteiger partial charge in [0.25, 0.3) is 0 Å². The highest BCUT2D eigenvalue weighted by Gasteiger charge is 2.27. The maximum absolute atomic E-state index is 12.8. The zero-order valence-corrected chi connectivity index (χ0v) is 14.8. The predicted molar refractivity (Wildman–Crippen MR) is 93.5 cm³/mol. The second-order valence-electron chi connectivity index (χ2n) is 6.37. The molecule has 0 bridgehead atoms. The van der Waals surface area contributed by atoms with Crippen molar-refractivity contribution >= 4 is 34.6 Å². The van der Waals surface area contributed by atoms with Gasteiger partial charge in [-0.2, -0.15) is 4.98 Å². The Bertz CT molecular complexity index is 890. The highest BCUT2D eigenvalue weighted by molar-refractivity contribution is 6.28. The molecule has 0 saturated carbocycles. The number of hydrogen-bond donors (Lipinski definition) is 0. The number of amides is 1. The fraction of sp³-hybridized carbons (Fsp3) is 0.294. The van der Waals surface area contributed by atoms with Gasteiger partial charge in [-0.15, -0.1) is 0 Å². The second kappa shape index (κ2) is 6.68. The number of ether oxygens (including phenoxy) is 1. The Hall–Kier alpha value is -2.67. The first-order valence-corrected chi connectivity index (χ1v) is 8.01. The fourth-order valence-electron chi connectivity index (χ4n) is 2.22. The van der Waals surface area contributed by atoms with Crippen LogP contribution in [0, 0.1) is 0 Å². The summed E-state index contributed by atoms with van der Waals surface area (Å²) in [5.41, 5.74) is 1.07. The van der Waals surface area contributed by atoms with Gasteiger partial charge in [0.05, 0.1) is 12.8 Å². The molecule has 7 nitrogen and oxygen atoms in total. The minimum absolute atomic E-state index is 0.0205. The molecule has 3 heterocycles. The molecule has 0 spiro atoms. The molecular weight excluding hydrogens is 344 g/mol. The van der Waals surface area contributed by atoms with Crippen molar-refractivity contribution in [3.8, 4) is 0 Å². The predicted octanol–water partition coefficient (Wildman–Crippen LogP) is 4.21. The van der Waals surface area contributed by atoms with Crippen molar-refractivity contribution in [3.63, 3.8) is 0 Å². The Labute approximate surface area is 149 Å². The monoisotopic (exact) mass is 360 g/mol. The standard InChI is InChI=1S/C17H17ClN4O3/c1-17(2,3)25-16(23)22(10-11-4-7-19-8-5-11)14-13-12(6-9-24-13)20-15(18)21-14/h4-9H,10H2,1-3H3. The summed E-state index contributed by atoms with van der Waals surface area (Å²) in [6.07, 6.45) is 4.21. The lowest BCUT2D eigenvalue weighted by Gasteiger charge is -2.26. The van der Waals surface area contributed by atoms with Crippen LogP contribution in [0.2, 0.25) is 5.28 Å². The maximum atomic E-state index is 12.8. The van der Waals surface area contributed by atoms with E-state index in [0.29, 0.717) is 11.1 Å². The number of rotatable bonds is 3. The molecule has 130 valence electrons. The first-order valence-electron chi connectivity index (χ1n) is 7.64. The number of carbonyl (C=O) groups is 1. The number of nitrogens with zero attached hydrogens (tertiary/aromatic N) is 4. The number of anilines is 1. The van der Waals surface area contributed by atoms with Crippen LogP contribution in [0.15, 0.2) is 41.3 Å². The van der Waals surface area contributed by atoms with Crippen molar-refractivity contribution in [1.82, 2.24) is 15.0 Å². The van der Waals surface area contributed by atoms with E-state index in [1.807, 2.05) is 0 Å². The molecule has 8 heteroatoms. The molecule has 0 aliphatic carbocycles. The van der Waals surface area contributed by atoms with E-state index in [2.05, 4.69) is 15.0 Å². The van der Waals surface area contributed by atoms with Crippen molar-refractivity contribution < 1.29 is 13.9 Å². The van der Waals surface area contributed by atoms with Gasteiger partial charge in [-0.05, 0) is 50.1 Å². The van der Waals surface area contributed by atoms with Crippen LogP contribution in [0.3, 0.4) is 0 Å². The average molecular weight is 361 g/mol. The average Bonchev–Trinajstić information content (AvgIpc) is 2.99. The number of carbonyl (C=O) groups excluding carboxylic acids is 1. The largest absolute Gasteiger partial charge is 0.459 e. The molecule has 0 fully saturated rings. The number of hydrogen-bond acceptors (Lipinski definition) is 6. The van der Waals surface area contributed by atoms with Gasteiger partial charge in [-0.3, -0.25) is 9.88 Å². The molecule has 3 aromatic rings. The number of furan rings is 1. The van der Waals surface area contributed by atoms with Crippen LogP contribution < -0.4 is 4.90 Å².